The largest absolute Gasteiger partial charge is 0.497 e. The Morgan fingerprint density at radius 3 is 2.94 bits per heavy atom. The molecule has 3 aromatic rings. The van der Waals surface area contributed by atoms with Gasteiger partial charge in [0.2, 0.25) is 5.91 Å². The first-order chi connectivity index (χ1) is 15.1. The summed E-state index contributed by atoms with van der Waals surface area (Å²) in [6.07, 6.45) is 3.47. The first-order valence-electron chi connectivity index (χ1n) is 10.4. The molecule has 0 saturated carbocycles. The van der Waals surface area contributed by atoms with E-state index in [1.54, 1.807) is 30.3 Å². The van der Waals surface area contributed by atoms with E-state index in [9.17, 15) is 9.18 Å². The molecule has 0 bridgehead atoms. The van der Waals surface area contributed by atoms with E-state index >= 15 is 0 Å². The number of carbonyl (C=O) groups excluding carboxylic acids is 1. The Bertz CT molecular complexity index is 1080. The molecule has 1 saturated heterocycles. The first kappa shape index (κ1) is 21.4. The first-order valence-corrected chi connectivity index (χ1v) is 11.5. The number of nitrogens with zero attached hydrogens (tertiary/aromatic N) is 2. The molecule has 162 valence electrons. The molecule has 5 nitrogen and oxygen atoms in total. The third-order valence-electron chi connectivity index (χ3n) is 5.49. The number of anilines is 1. The predicted molar refractivity (Wildman–Crippen MR) is 124 cm³/mol. The van der Waals surface area contributed by atoms with Crippen molar-refractivity contribution in [1.82, 2.24) is 9.88 Å². The van der Waals surface area contributed by atoms with Gasteiger partial charge in [0.15, 0.2) is 0 Å². The van der Waals surface area contributed by atoms with E-state index in [0.29, 0.717) is 17.9 Å². The number of rotatable bonds is 8. The van der Waals surface area contributed by atoms with Gasteiger partial charge in [-0.3, -0.25) is 9.78 Å². The van der Waals surface area contributed by atoms with Crippen molar-refractivity contribution in [2.75, 3.05) is 24.7 Å². The number of benzene rings is 2. The lowest BCUT2D eigenvalue weighted by molar-refractivity contribution is -0.128. The molecule has 1 aliphatic rings. The highest BCUT2D eigenvalue weighted by Crippen LogP contribution is 2.39. The van der Waals surface area contributed by atoms with Gasteiger partial charge in [0.05, 0.1) is 24.1 Å². The number of hydrogen-bond donors (Lipinski definition) is 1. The van der Waals surface area contributed by atoms with E-state index in [2.05, 4.69) is 17.2 Å². The summed E-state index contributed by atoms with van der Waals surface area (Å²) in [5.41, 5.74) is 2.42. The van der Waals surface area contributed by atoms with Gasteiger partial charge in [0.1, 0.15) is 16.9 Å². The third-order valence-corrected chi connectivity index (χ3v) is 6.73. The molecule has 2 aromatic carbocycles. The minimum atomic E-state index is -0.257. The van der Waals surface area contributed by atoms with Crippen molar-refractivity contribution < 1.29 is 13.9 Å². The van der Waals surface area contributed by atoms with Gasteiger partial charge < -0.3 is 15.0 Å². The zero-order valence-corrected chi connectivity index (χ0v) is 18.5. The number of ether oxygens (including phenoxy) is 1. The molecule has 1 aromatic heterocycles. The smallest absolute Gasteiger partial charge is 0.233 e. The fourth-order valence-corrected chi connectivity index (χ4v) is 5.17. The topological polar surface area (TPSA) is 54.5 Å². The highest BCUT2D eigenvalue weighted by atomic mass is 32.2. The summed E-state index contributed by atoms with van der Waals surface area (Å²) in [4.78, 5) is 18.7. The van der Waals surface area contributed by atoms with Crippen molar-refractivity contribution in [3.05, 3.63) is 66.1 Å². The van der Waals surface area contributed by atoms with Crippen molar-refractivity contribution in [2.45, 2.75) is 31.2 Å². The SMILES string of the molecule is COc1cc(NC(C)CCCN2C(=O)CSC2c2ccccc2F)c2ncccc2c1. The molecule has 1 N–H and O–H groups in total. The van der Waals surface area contributed by atoms with Gasteiger partial charge in [-0.1, -0.05) is 24.3 Å². The zero-order chi connectivity index (χ0) is 21.8. The Kier molecular flexibility index (Phi) is 6.61. The number of carbonyl (C=O) groups is 1. The van der Waals surface area contributed by atoms with E-state index in [-0.39, 0.29) is 23.1 Å². The molecular formula is C24H26FN3O2S. The normalized spacial score (nSPS) is 17.2. The van der Waals surface area contributed by atoms with Crippen molar-refractivity contribution >= 4 is 34.3 Å². The molecule has 4 rings (SSSR count). The lowest BCUT2D eigenvalue weighted by Crippen LogP contribution is -2.30. The summed E-state index contributed by atoms with van der Waals surface area (Å²) in [6, 6.07) is 14.7. The molecule has 31 heavy (non-hydrogen) atoms. The second kappa shape index (κ2) is 9.56. The van der Waals surface area contributed by atoms with Crippen LogP contribution in [0.25, 0.3) is 10.9 Å². The molecule has 7 heteroatoms. The summed E-state index contributed by atoms with van der Waals surface area (Å²) < 4.78 is 19.7. The van der Waals surface area contributed by atoms with Gasteiger partial charge in [-0.05, 0) is 38.0 Å². The monoisotopic (exact) mass is 439 g/mol. The Hall–Kier alpha value is -2.80. The van der Waals surface area contributed by atoms with E-state index in [0.717, 1.165) is 35.2 Å². The number of amides is 1. The van der Waals surface area contributed by atoms with Crippen LogP contribution in [0.1, 0.15) is 30.7 Å². The zero-order valence-electron chi connectivity index (χ0n) is 17.7. The Labute approximate surface area is 186 Å². The van der Waals surface area contributed by atoms with Crippen LogP contribution in [0.3, 0.4) is 0 Å². The molecule has 2 heterocycles. The Morgan fingerprint density at radius 2 is 2.13 bits per heavy atom. The van der Waals surface area contributed by atoms with Crippen LogP contribution in [0, 0.1) is 5.82 Å². The standard InChI is InChI=1S/C24H26FN3O2S/c1-16(27-21-14-18(30-2)13-17-8-5-11-26-23(17)21)7-6-12-28-22(29)15-31-24(28)19-9-3-4-10-20(19)25/h3-5,8-11,13-14,16,24,27H,6-7,12,15H2,1-2H3. The van der Waals surface area contributed by atoms with Crippen LogP contribution in [-0.2, 0) is 4.79 Å². The summed E-state index contributed by atoms with van der Waals surface area (Å²) >= 11 is 1.49. The Morgan fingerprint density at radius 1 is 1.29 bits per heavy atom. The van der Waals surface area contributed by atoms with Crippen molar-refractivity contribution in [3.8, 4) is 5.75 Å². The fraction of sp³-hybridized carbons (Fsp3) is 0.333. The van der Waals surface area contributed by atoms with Crippen LogP contribution in [0.15, 0.2) is 54.7 Å². The number of nitrogens with one attached hydrogen (secondary N) is 1. The van der Waals surface area contributed by atoms with Crippen LogP contribution in [0.5, 0.6) is 5.75 Å². The fourth-order valence-electron chi connectivity index (χ4n) is 3.93. The molecule has 0 aliphatic carbocycles. The summed E-state index contributed by atoms with van der Waals surface area (Å²) in [6.45, 7) is 2.72. The second-order valence-electron chi connectivity index (χ2n) is 7.71. The number of pyridine rings is 1. The molecule has 1 aliphatic heterocycles. The number of hydrogen-bond acceptors (Lipinski definition) is 5. The lowest BCUT2D eigenvalue weighted by atomic mass is 10.1. The molecule has 1 fully saturated rings. The van der Waals surface area contributed by atoms with Crippen molar-refractivity contribution in [3.63, 3.8) is 0 Å². The van der Waals surface area contributed by atoms with Gasteiger partial charge in [-0.2, -0.15) is 0 Å². The summed E-state index contributed by atoms with van der Waals surface area (Å²) in [5, 5.41) is 4.31. The minimum absolute atomic E-state index is 0.0712. The van der Waals surface area contributed by atoms with Crippen LogP contribution in [0.2, 0.25) is 0 Å². The summed E-state index contributed by atoms with van der Waals surface area (Å²) in [7, 11) is 1.65. The molecule has 0 radical (unpaired) electrons. The molecular weight excluding hydrogens is 413 g/mol. The van der Waals surface area contributed by atoms with Gasteiger partial charge in [-0.25, -0.2) is 4.39 Å². The average molecular weight is 440 g/mol. The number of aromatic nitrogens is 1. The molecule has 0 spiro atoms. The highest BCUT2D eigenvalue weighted by molar-refractivity contribution is 8.00. The van der Waals surface area contributed by atoms with Gasteiger partial charge in [0.25, 0.3) is 0 Å². The van der Waals surface area contributed by atoms with E-state index in [1.807, 2.05) is 30.3 Å². The summed E-state index contributed by atoms with van der Waals surface area (Å²) in [5.74, 6) is 0.991. The van der Waals surface area contributed by atoms with E-state index in [4.69, 9.17) is 4.74 Å². The molecule has 2 unspecified atom stereocenters. The van der Waals surface area contributed by atoms with Gasteiger partial charge in [-0.15, -0.1) is 11.8 Å². The van der Waals surface area contributed by atoms with E-state index < -0.39 is 0 Å². The number of thioether (sulfide) groups is 1. The van der Waals surface area contributed by atoms with E-state index in [1.165, 1.54) is 17.8 Å². The number of halogens is 1. The second-order valence-corrected chi connectivity index (χ2v) is 8.78. The Balaban J connectivity index is 1.39. The average Bonchev–Trinajstić information content (AvgIpc) is 3.14. The van der Waals surface area contributed by atoms with Gasteiger partial charge >= 0.3 is 0 Å². The van der Waals surface area contributed by atoms with Crippen molar-refractivity contribution in [2.24, 2.45) is 0 Å². The van der Waals surface area contributed by atoms with Crippen LogP contribution in [0.4, 0.5) is 10.1 Å². The minimum Gasteiger partial charge on any atom is -0.497 e. The molecule has 2 atom stereocenters. The number of fused-ring (bicyclic) bond motifs is 1. The third kappa shape index (κ3) is 4.77. The predicted octanol–water partition coefficient (Wildman–Crippen LogP) is 5.24. The maximum absolute atomic E-state index is 14.2. The maximum atomic E-state index is 14.2. The number of methoxy groups -OCH3 is 1. The lowest BCUT2D eigenvalue weighted by Gasteiger charge is -2.25. The maximum Gasteiger partial charge on any atom is 0.233 e. The molecule has 1 amide bonds. The van der Waals surface area contributed by atoms with Crippen LogP contribution in [-0.4, -0.2) is 41.2 Å². The van der Waals surface area contributed by atoms with Crippen LogP contribution < -0.4 is 10.1 Å². The van der Waals surface area contributed by atoms with Gasteiger partial charge in [0, 0.05) is 35.8 Å². The van der Waals surface area contributed by atoms with Crippen molar-refractivity contribution in [1.29, 1.82) is 0 Å². The van der Waals surface area contributed by atoms with Crippen LogP contribution >= 0.6 is 11.8 Å². The quantitative estimate of drug-likeness (QED) is 0.520. The highest BCUT2D eigenvalue weighted by Gasteiger charge is 2.33.